The van der Waals surface area contributed by atoms with Crippen molar-refractivity contribution in [1.29, 1.82) is 0 Å². The van der Waals surface area contributed by atoms with Crippen molar-refractivity contribution in [2.24, 2.45) is 0 Å². The molecule has 7 heteroatoms. The van der Waals surface area contributed by atoms with Gasteiger partial charge < -0.3 is 29.2 Å². The summed E-state index contributed by atoms with van der Waals surface area (Å²) in [4.78, 5) is 13.2. The fraction of sp³-hybridized carbons (Fsp3) is 0.227. The lowest BCUT2D eigenvalue weighted by atomic mass is 9.92. The van der Waals surface area contributed by atoms with Crippen LogP contribution in [0.4, 0.5) is 0 Å². The molecule has 0 spiro atoms. The maximum atomic E-state index is 13.2. The highest BCUT2D eigenvalue weighted by Crippen LogP contribution is 2.52. The van der Waals surface area contributed by atoms with E-state index in [1.54, 1.807) is 6.07 Å². The van der Waals surface area contributed by atoms with Gasteiger partial charge in [0, 0.05) is 6.07 Å². The Bertz CT molecular complexity index is 1310. The minimum atomic E-state index is -1.71. The summed E-state index contributed by atoms with van der Waals surface area (Å²) in [6.07, 6.45) is 4.08. The van der Waals surface area contributed by atoms with Gasteiger partial charge in [0.15, 0.2) is 5.60 Å². The van der Waals surface area contributed by atoms with Crippen molar-refractivity contribution in [3.63, 3.8) is 0 Å². The van der Waals surface area contributed by atoms with Gasteiger partial charge in [0.1, 0.15) is 39.2 Å². The number of fused-ring (bicyclic) bond motifs is 5. The zero-order chi connectivity index (χ0) is 20.5. The van der Waals surface area contributed by atoms with Crippen molar-refractivity contribution in [3.05, 3.63) is 63.5 Å². The number of benzene rings is 2. The number of rotatable bonds is 2. The molecule has 2 aromatic carbocycles. The minimum absolute atomic E-state index is 0.0203. The molecular weight excluding hydrogens is 376 g/mol. The molecule has 3 N–H and O–H groups in total. The molecule has 2 aliphatic rings. The molecule has 2 aliphatic heterocycles. The summed E-state index contributed by atoms with van der Waals surface area (Å²) in [5.41, 5.74) is -0.0966. The predicted molar refractivity (Wildman–Crippen MR) is 105 cm³/mol. The number of allylic oxidation sites excluding steroid dienone is 2. The summed E-state index contributed by atoms with van der Waals surface area (Å²) in [5, 5.41) is 31.9. The summed E-state index contributed by atoms with van der Waals surface area (Å²) < 4.78 is 16.8. The van der Waals surface area contributed by atoms with Gasteiger partial charge in [-0.3, -0.25) is 4.79 Å². The van der Waals surface area contributed by atoms with Crippen LogP contribution < -0.4 is 10.2 Å². The third-order valence-electron chi connectivity index (χ3n) is 5.36. The molecule has 5 rings (SSSR count). The third kappa shape index (κ3) is 2.31. The first-order chi connectivity index (χ1) is 13.8. The van der Waals surface area contributed by atoms with E-state index >= 15 is 0 Å². The summed E-state index contributed by atoms with van der Waals surface area (Å²) in [6, 6.07) is 4.58. The molecule has 1 aromatic heterocycles. The molecule has 0 unspecified atom stereocenters. The highest BCUT2D eigenvalue weighted by Gasteiger charge is 2.53. The molecule has 0 amide bonds. The van der Waals surface area contributed by atoms with Crippen LogP contribution in [0, 0.1) is 0 Å². The Hall–Kier alpha value is -3.45. The van der Waals surface area contributed by atoms with Gasteiger partial charge in [-0.2, -0.15) is 0 Å². The Labute approximate surface area is 164 Å². The number of hydrogen-bond donors (Lipinski definition) is 3. The van der Waals surface area contributed by atoms with Gasteiger partial charge in [0.05, 0.1) is 11.8 Å². The van der Waals surface area contributed by atoms with E-state index in [-0.39, 0.29) is 39.0 Å². The van der Waals surface area contributed by atoms with E-state index in [9.17, 15) is 20.1 Å². The first-order valence-corrected chi connectivity index (χ1v) is 9.14. The molecule has 0 aliphatic carbocycles. The van der Waals surface area contributed by atoms with E-state index in [4.69, 9.17) is 13.9 Å². The first-order valence-electron chi connectivity index (χ1n) is 9.14. The van der Waals surface area contributed by atoms with Crippen molar-refractivity contribution in [3.8, 4) is 17.2 Å². The zero-order valence-corrected chi connectivity index (χ0v) is 15.7. The molecule has 148 valence electrons. The molecule has 29 heavy (non-hydrogen) atoms. The van der Waals surface area contributed by atoms with Crippen molar-refractivity contribution >= 4 is 21.9 Å². The van der Waals surface area contributed by atoms with Crippen molar-refractivity contribution in [2.75, 3.05) is 0 Å². The maximum absolute atomic E-state index is 13.2. The van der Waals surface area contributed by atoms with Crippen LogP contribution in [0.2, 0.25) is 0 Å². The number of hydrogen-bond acceptors (Lipinski definition) is 7. The molecule has 0 saturated carbocycles. The van der Waals surface area contributed by atoms with E-state index in [1.165, 1.54) is 24.5 Å². The van der Waals surface area contributed by atoms with Gasteiger partial charge in [0.2, 0.25) is 5.43 Å². The van der Waals surface area contributed by atoms with Gasteiger partial charge in [0.25, 0.3) is 6.29 Å². The Morgan fingerprint density at radius 2 is 2.03 bits per heavy atom. The summed E-state index contributed by atoms with van der Waals surface area (Å²) in [5.74, 6) is -0.531. The van der Waals surface area contributed by atoms with Crippen molar-refractivity contribution in [2.45, 2.75) is 32.2 Å². The number of aliphatic hydroxyl groups is 1. The number of aromatic hydroxyl groups is 2. The second-order valence-corrected chi connectivity index (χ2v) is 7.55. The Morgan fingerprint density at radius 3 is 2.79 bits per heavy atom. The molecule has 0 saturated heterocycles. The SMILES string of the molecule is CC(C)=CCc1ccc(O)c2c(=O)c3c(O)c4c(cc3oc12)O[C@H]1OC=C[C@]41O. The Kier molecular flexibility index (Phi) is 3.51. The largest absolute Gasteiger partial charge is 0.507 e. The van der Waals surface area contributed by atoms with Crippen molar-refractivity contribution in [1.82, 2.24) is 0 Å². The van der Waals surface area contributed by atoms with Crippen LogP contribution in [-0.4, -0.2) is 21.6 Å². The molecule has 0 bridgehead atoms. The van der Waals surface area contributed by atoms with Crippen LogP contribution in [0.1, 0.15) is 25.0 Å². The van der Waals surface area contributed by atoms with E-state index in [2.05, 4.69) is 0 Å². The zero-order valence-electron chi connectivity index (χ0n) is 15.7. The highest BCUT2D eigenvalue weighted by molar-refractivity contribution is 5.98. The molecule has 2 atom stereocenters. The van der Waals surface area contributed by atoms with Crippen LogP contribution in [0.5, 0.6) is 17.2 Å². The summed E-state index contributed by atoms with van der Waals surface area (Å²) in [6.45, 7) is 3.93. The second-order valence-electron chi connectivity index (χ2n) is 7.55. The van der Waals surface area contributed by atoms with E-state index in [0.717, 1.165) is 11.1 Å². The van der Waals surface area contributed by atoms with Gasteiger partial charge in [-0.1, -0.05) is 17.7 Å². The summed E-state index contributed by atoms with van der Waals surface area (Å²) >= 11 is 0. The monoisotopic (exact) mass is 394 g/mol. The molecular formula is C22H18O7. The standard InChI is InChI=1S/C22H18O7/c1-10(2)3-4-11-5-6-12(23)15-18(24)16-13(28-20(11)15)9-14-17(19(16)25)22(26)7-8-27-21(22)29-14/h3,5-9,21,23,25-26H,4H2,1-2H3/t21-,22+/m1/s1. The van der Waals surface area contributed by atoms with Gasteiger partial charge >= 0.3 is 0 Å². The second kappa shape index (κ2) is 5.78. The lowest BCUT2D eigenvalue weighted by molar-refractivity contribution is -0.110. The van der Waals surface area contributed by atoms with E-state index < -0.39 is 23.1 Å². The molecule has 7 nitrogen and oxygen atoms in total. The summed E-state index contributed by atoms with van der Waals surface area (Å²) in [7, 11) is 0. The van der Waals surface area contributed by atoms with Gasteiger partial charge in [-0.15, -0.1) is 0 Å². The topological polar surface area (TPSA) is 109 Å². The normalized spacial score (nSPS) is 21.7. The smallest absolute Gasteiger partial charge is 0.277 e. The molecule has 3 aromatic rings. The Balaban J connectivity index is 1.86. The third-order valence-corrected chi connectivity index (χ3v) is 5.36. The average molecular weight is 394 g/mol. The van der Waals surface area contributed by atoms with Crippen molar-refractivity contribution < 1.29 is 29.2 Å². The number of phenols is 2. The fourth-order valence-electron chi connectivity index (χ4n) is 3.89. The Morgan fingerprint density at radius 1 is 1.24 bits per heavy atom. The average Bonchev–Trinajstić information content (AvgIpc) is 3.13. The van der Waals surface area contributed by atoms with Gasteiger partial charge in [-0.05, 0) is 38.0 Å². The van der Waals surface area contributed by atoms with Crippen LogP contribution in [-0.2, 0) is 16.8 Å². The molecule has 3 heterocycles. The minimum Gasteiger partial charge on any atom is -0.507 e. The van der Waals surface area contributed by atoms with E-state index in [1.807, 2.05) is 19.9 Å². The first kappa shape index (κ1) is 17.6. The van der Waals surface area contributed by atoms with Gasteiger partial charge in [-0.25, -0.2) is 0 Å². The van der Waals surface area contributed by atoms with Crippen LogP contribution >= 0.6 is 0 Å². The molecule has 0 fully saturated rings. The number of ether oxygens (including phenoxy) is 2. The maximum Gasteiger partial charge on any atom is 0.277 e. The predicted octanol–water partition coefficient (Wildman–Crippen LogP) is 3.32. The van der Waals surface area contributed by atoms with Crippen LogP contribution in [0.25, 0.3) is 21.9 Å². The van der Waals surface area contributed by atoms with Crippen LogP contribution in [0.15, 0.2) is 51.4 Å². The fourth-order valence-corrected chi connectivity index (χ4v) is 3.89. The quantitative estimate of drug-likeness (QED) is 0.452. The van der Waals surface area contributed by atoms with Crippen LogP contribution in [0.3, 0.4) is 0 Å². The number of phenolic OH excluding ortho intramolecular Hbond substituents is 2. The lowest BCUT2D eigenvalue weighted by Crippen LogP contribution is -2.33. The lowest BCUT2D eigenvalue weighted by Gasteiger charge is -2.18. The molecule has 0 radical (unpaired) electrons. The highest BCUT2D eigenvalue weighted by atomic mass is 16.7. The van der Waals surface area contributed by atoms with E-state index in [0.29, 0.717) is 6.42 Å².